The van der Waals surface area contributed by atoms with Crippen LogP contribution < -0.4 is 10.2 Å². The highest BCUT2D eigenvalue weighted by molar-refractivity contribution is 7.80. The minimum Gasteiger partial charge on any atom is -0.385 e. The van der Waals surface area contributed by atoms with Gasteiger partial charge in [-0.15, -0.1) is 0 Å². The van der Waals surface area contributed by atoms with E-state index < -0.39 is 0 Å². The van der Waals surface area contributed by atoms with Crippen molar-refractivity contribution in [2.45, 2.75) is 13.0 Å². The Hall–Kier alpha value is -1.91. The average Bonchev–Trinajstić information content (AvgIpc) is 2.58. The molecule has 2 rings (SSSR count). The Labute approximate surface area is 137 Å². The third-order valence-corrected chi connectivity index (χ3v) is 3.66. The van der Waals surface area contributed by atoms with Crippen molar-refractivity contribution in [1.29, 1.82) is 0 Å². The fourth-order valence-electron chi connectivity index (χ4n) is 2.16. The lowest BCUT2D eigenvalue weighted by molar-refractivity contribution is 0.195. The largest absolute Gasteiger partial charge is 0.385 e. The molecule has 0 radical (unpaired) electrons. The summed E-state index contributed by atoms with van der Waals surface area (Å²) in [6.45, 7) is 2.30. The Morgan fingerprint density at radius 2 is 1.68 bits per heavy atom. The van der Waals surface area contributed by atoms with Gasteiger partial charge in [-0.2, -0.15) is 0 Å². The summed E-state index contributed by atoms with van der Waals surface area (Å²) in [5, 5.41) is 4.06. The maximum absolute atomic E-state index is 5.58. The lowest BCUT2D eigenvalue weighted by atomic mass is 10.2. The van der Waals surface area contributed by atoms with Crippen molar-refractivity contribution in [3.63, 3.8) is 0 Å². The second-order valence-electron chi connectivity index (χ2n) is 4.99. The number of thiocarbonyl (C=S) groups is 1. The van der Waals surface area contributed by atoms with E-state index in [1.807, 2.05) is 36.4 Å². The number of para-hydroxylation sites is 1. The molecule has 0 aliphatic heterocycles. The van der Waals surface area contributed by atoms with Crippen molar-refractivity contribution in [2.75, 3.05) is 25.2 Å². The van der Waals surface area contributed by atoms with Crippen LogP contribution in [0, 0.1) is 0 Å². The standard InChI is InChI=1S/C18H22N2OS/c1-21-14-8-13-19-18(22)20(17-11-6-3-7-12-17)15-16-9-4-2-5-10-16/h2-7,9-12H,8,13-15H2,1H3,(H,19,22). The number of ether oxygens (including phenoxy) is 1. The van der Waals surface area contributed by atoms with E-state index in [4.69, 9.17) is 17.0 Å². The van der Waals surface area contributed by atoms with Gasteiger partial charge in [0.25, 0.3) is 0 Å². The molecule has 1 N–H and O–H groups in total. The maximum atomic E-state index is 5.58. The summed E-state index contributed by atoms with van der Waals surface area (Å²) in [5.74, 6) is 0. The molecule has 2 aromatic rings. The molecule has 0 aliphatic carbocycles. The number of hydrogen-bond acceptors (Lipinski definition) is 2. The van der Waals surface area contributed by atoms with Crippen molar-refractivity contribution in [3.05, 3.63) is 66.2 Å². The molecule has 0 bridgehead atoms. The van der Waals surface area contributed by atoms with Crippen LogP contribution >= 0.6 is 12.2 Å². The molecule has 0 heterocycles. The fourth-order valence-corrected chi connectivity index (χ4v) is 2.43. The highest BCUT2D eigenvalue weighted by Crippen LogP contribution is 2.17. The average molecular weight is 314 g/mol. The maximum Gasteiger partial charge on any atom is 0.173 e. The van der Waals surface area contributed by atoms with Crippen LogP contribution in [-0.4, -0.2) is 25.4 Å². The minimum atomic E-state index is 0.736. The first-order valence-corrected chi connectivity index (χ1v) is 7.85. The first-order chi connectivity index (χ1) is 10.8. The van der Waals surface area contributed by atoms with Crippen LogP contribution in [0.1, 0.15) is 12.0 Å². The van der Waals surface area contributed by atoms with E-state index >= 15 is 0 Å². The van der Waals surface area contributed by atoms with Gasteiger partial charge >= 0.3 is 0 Å². The molecule has 2 aromatic carbocycles. The van der Waals surface area contributed by atoms with Crippen LogP contribution in [0.25, 0.3) is 0 Å². The Kier molecular flexibility index (Phi) is 6.87. The van der Waals surface area contributed by atoms with Crippen LogP contribution in [0.3, 0.4) is 0 Å². The van der Waals surface area contributed by atoms with E-state index in [1.165, 1.54) is 5.56 Å². The second kappa shape index (κ2) is 9.18. The number of nitrogens with zero attached hydrogens (tertiary/aromatic N) is 1. The number of nitrogens with one attached hydrogen (secondary N) is 1. The Balaban J connectivity index is 2.06. The quantitative estimate of drug-likeness (QED) is 0.623. The van der Waals surface area contributed by atoms with Crippen molar-refractivity contribution in [2.24, 2.45) is 0 Å². The van der Waals surface area contributed by atoms with Gasteiger partial charge in [-0.05, 0) is 36.3 Å². The number of methoxy groups -OCH3 is 1. The zero-order chi connectivity index (χ0) is 15.6. The SMILES string of the molecule is COCCCNC(=S)N(Cc1ccccc1)c1ccccc1. The molecule has 0 amide bonds. The monoisotopic (exact) mass is 314 g/mol. The number of rotatable bonds is 7. The molecule has 0 unspecified atom stereocenters. The highest BCUT2D eigenvalue weighted by Gasteiger charge is 2.12. The van der Waals surface area contributed by atoms with E-state index in [9.17, 15) is 0 Å². The van der Waals surface area contributed by atoms with Crippen LogP contribution in [0.4, 0.5) is 5.69 Å². The summed E-state index contributed by atoms with van der Waals surface area (Å²) >= 11 is 5.58. The van der Waals surface area contributed by atoms with Crippen molar-refractivity contribution in [3.8, 4) is 0 Å². The van der Waals surface area contributed by atoms with E-state index in [-0.39, 0.29) is 0 Å². The zero-order valence-electron chi connectivity index (χ0n) is 12.9. The molecular formula is C18H22N2OS. The summed E-state index contributed by atoms with van der Waals surface area (Å²) in [7, 11) is 1.71. The third kappa shape index (κ3) is 5.13. The number of anilines is 1. The van der Waals surface area contributed by atoms with Crippen LogP contribution in [0.15, 0.2) is 60.7 Å². The molecule has 22 heavy (non-hydrogen) atoms. The van der Waals surface area contributed by atoms with Crippen LogP contribution in [-0.2, 0) is 11.3 Å². The summed E-state index contributed by atoms with van der Waals surface area (Å²) in [5.41, 5.74) is 2.32. The van der Waals surface area contributed by atoms with Gasteiger partial charge in [0.15, 0.2) is 5.11 Å². The van der Waals surface area contributed by atoms with Gasteiger partial charge in [0.1, 0.15) is 0 Å². The first kappa shape index (κ1) is 16.5. The molecule has 116 valence electrons. The molecule has 0 saturated heterocycles. The van der Waals surface area contributed by atoms with Crippen LogP contribution in [0.5, 0.6) is 0 Å². The van der Waals surface area contributed by atoms with Gasteiger partial charge in [-0.1, -0.05) is 48.5 Å². The van der Waals surface area contributed by atoms with Crippen molar-refractivity contribution < 1.29 is 4.74 Å². The Morgan fingerprint density at radius 3 is 2.32 bits per heavy atom. The number of benzene rings is 2. The first-order valence-electron chi connectivity index (χ1n) is 7.44. The molecule has 4 heteroatoms. The van der Waals surface area contributed by atoms with Gasteiger partial charge in [0.05, 0.1) is 6.54 Å². The molecule has 0 aromatic heterocycles. The van der Waals surface area contributed by atoms with Gasteiger partial charge in [-0.3, -0.25) is 0 Å². The smallest absolute Gasteiger partial charge is 0.173 e. The molecule has 0 saturated carbocycles. The molecule has 3 nitrogen and oxygen atoms in total. The predicted molar refractivity (Wildman–Crippen MR) is 96.2 cm³/mol. The molecule has 0 spiro atoms. The highest BCUT2D eigenvalue weighted by atomic mass is 32.1. The zero-order valence-corrected chi connectivity index (χ0v) is 13.7. The Morgan fingerprint density at radius 1 is 1.05 bits per heavy atom. The molecular weight excluding hydrogens is 292 g/mol. The summed E-state index contributed by atoms with van der Waals surface area (Å²) < 4.78 is 5.07. The summed E-state index contributed by atoms with van der Waals surface area (Å²) in [6, 6.07) is 20.6. The summed E-state index contributed by atoms with van der Waals surface area (Å²) in [6.07, 6.45) is 0.935. The normalized spacial score (nSPS) is 10.2. The fraction of sp³-hybridized carbons (Fsp3) is 0.278. The van der Waals surface area contributed by atoms with Gasteiger partial charge < -0.3 is 15.0 Å². The van der Waals surface area contributed by atoms with Crippen LogP contribution in [0.2, 0.25) is 0 Å². The minimum absolute atomic E-state index is 0.736. The lowest BCUT2D eigenvalue weighted by Crippen LogP contribution is -2.40. The Bertz CT molecular complexity index is 560. The van der Waals surface area contributed by atoms with E-state index in [1.54, 1.807) is 7.11 Å². The predicted octanol–water partition coefficient (Wildman–Crippen LogP) is 3.60. The van der Waals surface area contributed by atoms with Gasteiger partial charge in [0, 0.05) is 25.9 Å². The second-order valence-corrected chi connectivity index (χ2v) is 5.37. The molecule has 0 atom stereocenters. The molecule has 0 aliphatic rings. The third-order valence-electron chi connectivity index (χ3n) is 3.30. The van der Waals surface area contributed by atoms with Crippen molar-refractivity contribution in [1.82, 2.24) is 5.32 Å². The molecule has 0 fully saturated rings. The summed E-state index contributed by atoms with van der Waals surface area (Å²) in [4.78, 5) is 2.12. The number of hydrogen-bond donors (Lipinski definition) is 1. The van der Waals surface area contributed by atoms with E-state index in [0.717, 1.165) is 36.9 Å². The van der Waals surface area contributed by atoms with Gasteiger partial charge in [0.2, 0.25) is 0 Å². The van der Waals surface area contributed by atoms with E-state index in [2.05, 4.69) is 34.5 Å². The van der Waals surface area contributed by atoms with Gasteiger partial charge in [-0.25, -0.2) is 0 Å². The lowest BCUT2D eigenvalue weighted by Gasteiger charge is -2.26. The van der Waals surface area contributed by atoms with Crippen molar-refractivity contribution >= 4 is 23.0 Å². The van der Waals surface area contributed by atoms with E-state index in [0.29, 0.717) is 0 Å². The topological polar surface area (TPSA) is 24.5 Å².